The number of methoxy groups -OCH3 is 1. The van der Waals surface area contributed by atoms with Crippen LogP contribution < -0.4 is 10.5 Å². The zero-order chi connectivity index (χ0) is 10.7. The predicted molar refractivity (Wildman–Crippen MR) is 65.6 cm³/mol. The monoisotopic (exact) mass is 287 g/mol. The summed E-state index contributed by atoms with van der Waals surface area (Å²) in [4.78, 5) is 1.41. The van der Waals surface area contributed by atoms with Crippen molar-refractivity contribution in [2.75, 3.05) is 7.11 Å². The van der Waals surface area contributed by atoms with Crippen LogP contribution in [0.25, 0.3) is 0 Å². The molecule has 4 heteroatoms. The first-order valence-corrected chi connectivity index (χ1v) is 6.85. The van der Waals surface area contributed by atoms with Crippen molar-refractivity contribution in [1.82, 2.24) is 0 Å². The van der Waals surface area contributed by atoms with Crippen LogP contribution in [0.2, 0.25) is 0 Å². The average Bonchev–Trinajstić information content (AvgIpc) is 3.09. The minimum absolute atomic E-state index is 0.0995. The smallest absolute Gasteiger partial charge is 0.188 e. The molecule has 2 fully saturated rings. The molecule has 0 aliphatic heterocycles. The highest BCUT2D eigenvalue weighted by atomic mass is 79.9. The summed E-state index contributed by atoms with van der Waals surface area (Å²) in [6, 6.07) is 2.20. The summed E-state index contributed by atoms with van der Waals surface area (Å²) in [5, 5.41) is 0.973. The van der Waals surface area contributed by atoms with Gasteiger partial charge in [-0.25, -0.2) is 0 Å². The molecule has 1 aromatic heterocycles. The molecule has 1 aromatic rings. The predicted octanol–water partition coefficient (Wildman–Crippen LogP) is 3.04. The van der Waals surface area contributed by atoms with Gasteiger partial charge in [0, 0.05) is 15.8 Å². The second-order valence-electron chi connectivity index (χ2n) is 4.69. The van der Waals surface area contributed by atoms with Crippen LogP contribution >= 0.6 is 27.3 Å². The Morgan fingerprint density at radius 3 is 2.47 bits per heavy atom. The summed E-state index contributed by atoms with van der Waals surface area (Å²) in [6.45, 7) is 0. The van der Waals surface area contributed by atoms with Crippen molar-refractivity contribution < 1.29 is 4.74 Å². The molecule has 2 aliphatic rings. The fourth-order valence-electron chi connectivity index (χ4n) is 2.45. The van der Waals surface area contributed by atoms with Crippen LogP contribution in [-0.2, 0) is 5.41 Å². The van der Waals surface area contributed by atoms with Crippen molar-refractivity contribution in [2.45, 2.75) is 36.6 Å². The first kappa shape index (κ1) is 10.1. The SMILES string of the molecule is COc1sc(C2(C3(N)CC3)CC2)cc1Br. The third kappa shape index (κ3) is 1.31. The van der Waals surface area contributed by atoms with E-state index in [4.69, 9.17) is 10.5 Å². The summed E-state index contributed by atoms with van der Waals surface area (Å²) >= 11 is 5.28. The Balaban J connectivity index is 1.99. The van der Waals surface area contributed by atoms with Gasteiger partial charge >= 0.3 is 0 Å². The number of hydrogen-bond acceptors (Lipinski definition) is 3. The van der Waals surface area contributed by atoms with Gasteiger partial charge in [0.1, 0.15) is 0 Å². The van der Waals surface area contributed by atoms with E-state index in [1.807, 2.05) is 0 Å². The van der Waals surface area contributed by atoms with Crippen LogP contribution in [0.15, 0.2) is 10.5 Å². The molecule has 0 bridgehead atoms. The van der Waals surface area contributed by atoms with Crippen molar-refractivity contribution in [1.29, 1.82) is 0 Å². The molecule has 82 valence electrons. The lowest BCUT2D eigenvalue weighted by atomic mass is 9.93. The number of thiophene rings is 1. The summed E-state index contributed by atoms with van der Waals surface area (Å²) in [5.74, 6) is 0. The second kappa shape index (κ2) is 2.99. The Kier molecular flexibility index (Phi) is 2.02. The fraction of sp³-hybridized carbons (Fsp3) is 0.636. The topological polar surface area (TPSA) is 35.2 Å². The zero-order valence-corrected chi connectivity index (χ0v) is 11.1. The van der Waals surface area contributed by atoms with E-state index in [1.165, 1.54) is 30.6 Å². The number of halogens is 1. The van der Waals surface area contributed by atoms with Crippen molar-refractivity contribution in [3.05, 3.63) is 15.4 Å². The zero-order valence-electron chi connectivity index (χ0n) is 8.68. The summed E-state index contributed by atoms with van der Waals surface area (Å²) in [7, 11) is 1.72. The van der Waals surface area contributed by atoms with Crippen molar-refractivity contribution in [2.24, 2.45) is 5.73 Å². The van der Waals surface area contributed by atoms with E-state index in [9.17, 15) is 0 Å². The van der Waals surface area contributed by atoms with Gasteiger partial charge in [-0.05, 0) is 47.7 Å². The van der Waals surface area contributed by atoms with Gasteiger partial charge in [-0.1, -0.05) is 0 Å². The second-order valence-corrected chi connectivity index (χ2v) is 6.56. The lowest BCUT2D eigenvalue weighted by molar-refractivity contribution is 0.425. The molecule has 2 N–H and O–H groups in total. The maximum atomic E-state index is 6.37. The summed E-state index contributed by atoms with van der Waals surface area (Å²) < 4.78 is 6.38. The van der Waals surface area contributed by atoms with Crippen molar-refractivity contribution in [3.8, 4) is 5.06 Å². The van der Waals surface area contributed by atoms with Crippen LogP contribution in [-0.4, -0.2) is 12.6 Å². The van der Waals surface area contributed by atoms with Gasteiger partial charge in [0.25, 0.3) is 0 Å². The molecule has 15 heavy (non-hydrogen) atoms. The molecular formula is C11H14BrNOS. The van der Waals surface area contributed by atoms with Crippen LogP contribution in [0.5, 0.6) is 5.06 Å². The van der Waals surface area contributed by atoms with Gasteiger partial charge in [0.15, 0.2) is 5.06 Å². The Labute approximate surface area is 102 Å². The minimum atomic E-state index is 0.0995. The largest absolute Gasteiger partial charge is 0.486 e. The molecule has 0 atom stereocenters. The average molecular weight is 288 g/mol. The third-order valence-electron chi connectivity index (χ3n) is 3.80. The molecule has 0 radical (unpaired) electrons. The van der Waals surface area contributed by atoms with E-state index in [1.54, 1.807) is 18.4 Å². The Hall–Kier alpha value is -0.0600. The molecule has 2 saturated carbocycles. The number of nitrogens with two attached hydrogens (primary N) is 1. The Morgan fingerprint density at radius 2 is 2.07 bits per heavy atom. The van der Waals surface area contributed by atoms with Gasteiger partial charge in [-0.15, -0.1) is 11.3 Å². The number of hydrogen-bond donors (Lipinski definition) is 1. The van der Waals surface area contributed by atoms with E-state index in [2.05, 4.69) is 22.0 Å². The molecule has 3 rings (SSSR count). The van der Waals surface area contributed by atoms with Gasteiger partial charge in [0.2, 0.25) is 0 Å². The minimum Gasteiger partial charge on any atom is -0.486 e. The van der Waals surface area contributed by atoms with E-state index < -0.39 is 0 Å². The molecule has 0 spiro atoms. The number of ether oxygens (including phenoxy) is 1. The third-order valence-corrected chi connectivity index (χ3v) is 5.96. The lowest BCUT2D eigenvalue weighted by Crippen LogP contribution is -2.36. The lowest BCUT2D eigenvalue weighted by Gasteiger charge is -2.20. The molecule has 2 aliphatic carbocycles. The summed E-state index contributed by atoms with van der Waals surface area (Å²) in [6.07, 6.45) is 4.87. The molecule has 2 nitrogen and oxygen atoms in total. The Bertz CT molecular complexity index is 407. The molecular weight excluding hydrogens is 274 g/mol. The highest BCUT2D eigenvalue weighted by Gasteiger charge is 2.64. The molecule has 0 unspecified atom stereocenters. The normalized spacial score (nSPS) is 25.0. The van der Waals surface area contributed by atoms with E-state index in [0.717, 1.165) is 9.54 Å². The van der Waals surface area contributed by atoms with Crippen LogP contribution in [0, 0.1) is 0 Å². The first-order chi connectivity index (χ1) is 7.11. The molecule has 1 heterocycles. The van der Waals surface area contributed by atoms with Crippen LogP contribution in [0.3, 0.4) is 0 Å². The summed E-state index contributed by atoms with van der Waals surface area (Å²) in [5.41, 5.74) is 6.76. The molecule has 0 amide bonds. The quantitative estimate of drug-likeness (QED) is 0.927. The number of rotatable bonds is 3. The van der Waals surface area contributed by atoms with Gasteiger partial charge in [-0.2, -0.15) is 0 Å². The fourth-order valence-corrected chi connectivity index (χ4v) is 4.46. The van der Waals surface area contributed by atoms with Crippen LogP contribution in [0.1, 0.15) is 30.6 Å². The van der Waals surface area contributed by atoms with Crippen LogP contribution in [0.4, 0.5) is 0 Å². The first-order valence-electron chi connectivity index (χ1n) is 5.24. The molecule has 0 saturated heterocycles. The highest BCUT2D eigenvalue weighted by molar-refractivity contribution is 9.10. The van der Waals surface area contributed by atoms with Gasteiger partial charge < -0.3 is 10.5 Å². The molecule has 0 aromatic carbocycles. The van der Waals surface area contributed by atoms with Crippen molar-refractivity contribution >= 4 is 27.3 Å². The Morgan fingerprint density at radius 1 is 1.40 bits per heavy atom. The highest BCUT2D eigenvalue weighted by Crippen LogP contribution is 2.65. The maximum Gasteiger partial charge on any atom is 0.188 e. The van der Waals surface area contributed by atoms with Gasteiger partial charge in [-0.3, -0.25) is 0 Å². The van der Waals surface area contributed by atoms with Crippen molar-refractivity contribution in [3.63, 3.8) is 0 Å². The van der Waals surface area contributed by atoms with E-state index in [0.29, 0.717) is 0 Å². The van der Waals surface area contributed by atoms with Gasteiger partial charge in [0.05, 0.1) is 11.6 Å². The van der Waals surface area contributed by atoms with E-state index >= 15 is 0 Å². The maximum absolute atomic E-state index is 6.37. The standard InChI is InChI=1S/C11H14BrNOS/c1-14-9-7(12)6-8(15-9)10(2-3-10)11(13)4-5-11/h6H,2-5,13H2,1H3. The van der Waals surface area contributed by atoms with E-state index in [-0.39, 0.29) is 11.0 Å².